The number of nitrogens with one attached hydrogen (secondary N) is 1. The zero-order chi connectivity index (χ0) is 13.9. The minimum Gasteiger partial charge on any atom is -0.310 e. The average Bonchev–Trinajstić information content (AvgIpc) is 2.86. The fourth-order valence-electron chi connectivity index (χ4n) is 3.09. The predicted octanol–water partition coefficient (Wildman–Crippen LogP) is 4.58. The van der Waals surface area contributed by atoms with Crippen LogP contribution in [-0.4, -0.2) is 6.54 Å². The van der Waals surface area contributed by atoms with E-state index < -0.39 is 0 Å². The van der Waals surface area contributed by atoms with Gasteiger partial charge in [-0.15, -0.1) is 0 Å². The maximum atomic E-state index is 3.72. The molecule has 0 radical (unpaired) electrons. The van der Waals surface area contributed by atoms with Crippen molar-refractivity contribution in [1.82, 2.24) is 5.32 Å². The van der Waals surface area contributed by atoms with E-state index in [-0.39, 0.29) is 0 Å². The largest absolute Gasteiger partial charge is 0.310 e. The Kier molecular flexibility index (Phi) is 4.23. The molecule has 1 nitrogen and oxygen atoms in total. The molecule has 3 rings (SSSR count). The topological polar surface area (TPSA) is 12.0 Å². The van der Waals surface area contributed by atoms with Gasteiger partial charge in [-0.2, -0.15) is 0 Å². The maximum Gasteiger partial charge on any atom is 0.0326 e. The van der Waals surface area contributed by atoms with Crippen LogP contribution in [-0.2, 0) is 12.8 Å². The van der Waals surface area contributed by atoms with Gasteiger partial charge in [-0.3, -0.25) is 0 Å². The van der Waals surface area contributed by atoms with Gasteiger partial charge in [0.1, 0.15) is 0 Å². The first-order valence-electron chi connectivity index (χ1n) is 7.31. The molecule has 1 aliphatic rings. The van der Waals surface area contributed by atoms with Crippen molar-refractivity contribution >= 4 is 15.9 Å². The van der Waals surface area contributed by atoms with Crippen LogP contribution in [0.5, 0.6) is 0 Å². The Bertz CT molecular complexity index is 606. The fourth-order valence-corrected chi connectivity index (χ4v) is 3.67. The van der Waals surface area contributed by atoms with Crippen molar-refractivity contribution in [2.24, 2.45) is 0 Å². The van der Waals surface area contributed by atoms with Crippen LogP contribution in [0.2, 0.25) is 0 Å². The van der Waals surface area contributed by atoms with Gasteiger partial charge in [-0.1, -0.05) is 52.3 Å². The average molecular weight is 330 g/mol. The third-order valence-electron chi connectivity index (χ3n) is 4.26. The highest BCUT2D eigenvalue weighted by Gasteiger charge is 2.23. The second-order valence-corrected chi connectivity index (χ2v) is 6.38. The summed E-state index contributed by atoms with van der Waals surface area (Å²) in [4.78, 5) is 0. The number of benzene rings is 2. The quantitative estimate of drug-likeness (QED) is 0.865. The van der Waals surface area contributed by atoms with Gasteiger partial charge in [0.05, 0.1) is 0 Å². The number of aryl methyl sites for hydroxylation is 1. The third kappa shape index (κ3) is 2.82. The van der Waals surface area contributed by atoms with E-state index in [4.69, 9.17) is 0 Å². The first-order chi connectivity index (χ1) is 9.75. The molecule has 1 aliphatic carbocycles. The molecule has 1 unspecified atom stereocenters. The SMILES string of the molecule is Cc1ccccc1CCNC1CCc2c(Br)cccc21. The smallest absolute Gasteiger partial charge is 0.0326 e. The molecular weight excluding hydrogens is 310 g/mol. The normalized spacial score (nSPS) is 17.2. The van der Waals surface area contributed by atoms with Crippen LogP contribution < -0.4 is 5.32 Å². The Balaban J connectivity index is 1.62. The molecule has 0 saturated heterocycles. The molecule has 0 aromatic heterocycles. The molecule has 0 fully saturated rings. The summed E-state index contributed by atoms with van der Waals surface area (Å²) in [7, 11) is 0. The van der Waals surface area contributed by atoms with E-state index in [1.165, 1.54) is 39.6 Å². The van der Waals surface area contributed by atoms with Crippen LogP contribution in [0.25, 0.3) is 0 Å². The van der Waals surface area contributed by atoms with Crippen LogP contribution in [0.3, 0.4) is 0 Å². The van der Waals surface area contributed by atoms with Crippen LogP contribution in [0.15, 0.2) is 46.9 Å². The van der Waals surface area contributed by atoms with Crippen molar-refractivity contribution in [1.29, 1.82) is 0 Å². The molecule has 1 N–H and O–H groups in total. The summed E-state index contributed by atoms with van der Waals surface area (Å²) in [6.07, 6.45) is 3.50. The standard InChI is InChI=1S/C18H20BrN/c1-13-5-2-3-6-14(13)11-12-20-18-10-9-15-16(18)7-4-8-17(15)19/h2-8,18,20H,9-12H2,1H3. The van der Waals surface area contributed by atoms with E-state index in [2.05, 4.69) is 70.6 Å². The lowest BCUT2D eigenvalue weighted by Gasteiger charge is -2.15. The molecule has 2 aromatic rings. The number of fused-ring (bicyclic) bond motifs is 1. The summed E-state index contributed by atoms with van der Waals surface area (Å²) in [5.74, 6) is 0. The maximum absolute atomic E-state index is 3.72. The number of hydrogen-bond acceptors (Lipinski definition) is 1. The lowest BCUT2D eigenvalue weighted by atomic mass is 10.1. The number of hydrogen-bond donors (Lipinski definition) is 1. The van der Waals surface area contributed by atoms with Crippen molar-refractivity contribution in [3.05, 3.63) is 69.2 Å². The van der Waals surface area contributed by atoms with Gasteiger partial charge in [0.2, 0.25) is 0 Å². The highest BCUT2D eigenvalue weighted by molar-refractivity contribution is 9.10. The number of halogens is 1. The van der Waals surface area contributed by atoms with Crippen LogP contribution >= 0.6 is 15.9 Å². The highest BCUT2D eigenvalue weighted by atomic mass is 79.9. The van der Waals surface area contributed by atoms with Crippen molar-refractivity contribution in [3.63, 3.8) is 0 Å². The fraction of sp³-hybridized carbons (Fsp3) is 0.333. The molecule has 0 aliphatic heterocycles. The first-order valence-corrected chi connectivity index (χ1v) is 8.10. The molecule has 0 amide bonds. The van der Waals surface area contributed by atoms with E-state index in [1.54, 1.807) is 0 Å². The Labute approximate surface area is 129 Å². The Hall–Kier alpha value is -1.12. The van der Waals surface area contributed by atoms with E-state index in [1.807, 2.05) is 0 Å². The summed E-state index contributed by atoms with van der Waals surface area (Å²) < 4.78 is 1.26. The van der Waals surface area contributed by atoms with Gasteiger partial charge >= 0.3 is 0 Å². The third-order valence-corrected chi connectivity index (χ3v) is 5.00. The van der Waals surface area contributed by atoms with Gasteiger partial charge in [0, 0.05) is 10.5 Å². The monoisotopic (exact) mass is 329 g/mol. The minimum atomic E-state index is 0.520. The van der Waals surface area contributed by atoms with Crippen LogP contribution in [0.1, 0.15) is 34.7 Å². The zero-order valence-electron chi connectivity index (χ0n) is 11.8. The summed E-state index contributed by atoms with van der Waals surface area (Å²) in [5, 5.41) is 3.72. The van der Waals surface area contributed by atoms with E-state index >= 15 is 0 Å². The summed E-state index contributed by atoms with van der Waals surface area (Å²) in [6, 6.07) is 15.7. The second-order valence-electron chi connectivity index (χ2n) is 5.53. The van der Waals surface area contributed by atoms with Crippen molar-refractivity contribution in [2.75, 3.05) is 6.54 Å². The van der Waals surface area contributed by atoms with Crippen LogP contribution in [0.4, 0.5) is 0 Å². The first kappa shape index (κ1) is 13.8. The molecule has 0 bridgehead atoms. The molecule has 0 spiro atoms. The summed E-state index contributed by atoms with van der Waals surface area (Å²) in [6.45, 7) is 3.23. The molecule has 1 atom stereocenters. The summed E-state index contributed by atoms with van der Waals surface area (Å²) >= 11 is 3.66. The van der Waals surface area contributed by atoms with E-state index in [0.29, 0.717) is 6.04 Å². The molecule has 0 saturated carbocycles. The molecule has 2 heteroatoms. The number of rotatable bonds is 4. The lowest BCUT2D eigenvalue weighted by molar-refractivity contribution is 0.533. The van der Waals surface area contributed by atoms with Crippen molar-refractivity contribution in [2.45, 2.75) is 32.2 Å². The van der Waals surface area contributed by atoms with Crippen molar-refractivity contribution < 1.29 is 0 Å². The predicted molar refractivity (Wildman–Crippen MR) is 88.1 cm³/mol. The molecular formula is C18H20BrN. The Morgan fingerprint density at radius 2 is 2.00 bits per heavy atom. The van der Waals surface area contributed by atoms with Crippen LogP contribution in [0, 0.1) is 6.92 Å². The van der Waals surface area contributed by atoms with Gasteiger partial charge in [-0.05, 0) is 61.1 Å². The van der Waals surface area contributed by atoms with E-state index in [0.717, 1.165) is 13.0 Å². The summed E-state index contributed by atoms with van der Waals surface area (Å²) in [5.41, 5.74) is 5.81. The molecule has 0 heterocycles. The zero-order valence-corrected chi connectivity index (χ0v) is 13.4. The van der Waals surface area contributed by atoms with Crippen molar-refractivity contribution in [3.8, 4) is 0 Å². The highest BCUT2D eigenvalue weighted by Crippen LogP contribution is 2.35. The minimum absolute atomic E-state index is 0.520. The Morgan fingerprint density at radius 3 is 2.85 bits per heavy atom. The van der Waals surface area contributed by atoms with Gasteiger partial charge in [0.25, 0.3) is 0 Å². The van der Waals surface area contributed by atoms with E-state index in [9.17, 15) is 0 Å². The lowest BCUT2D eigenvalue weighted by Crippen LogP contribution is -2.22. The van der Waals surface area contributed by atoms with Gasteiger partial charge < -0.3 is 5.32 Å². The van der Waals surface area contributed by atoms with Gasteiger partial charge in [-0.25, -0.2) is 0 Å². The molecule has 20 heavy (non-hydrogen) atoms. The molecule has 104 valence electrons. The van der Waals surface area contributed by atoms with Gasteiger partial charge in [0.15, 0.2) is 0 Å². The second kappa shape index (κ2) is 6.11. The molecule has 2 aromatic carbocycles. The Morgan fingerprint density at radius 1 is 1.15 bits per heavy atom.